The lowest BCUT2D eigenvalue weighted by molar-refractivity contribution is -0.141. The third-order valence-electron chi connectivity index (χ3n) is 3.15. The molecule has 0 bridgehead atoms. The number of carboxylic acids is 1. The van der Waals surface area contributed by atoms with Gasteiger partial charge in [-0.15, -0.1) is 0 Å². The predicted octanol–water partition coefficient (Wildman–Crippen LogP) is 3.32. The van der Waals surface area contributed by atoms with Crippen LogP contribution >= 0.6 is 0 Å². The lowest BCUT2D eigenvalue weighted by Crippen LogP contribution is -2.13. The van der Waals surface area contributed by atoms with Crippen molar-refractivity contribution in [1.82, 2.24) is 0 Å². The molecule has 0 saturated carbocycles. The van der Waals surface area contributed by atoms with Crippen LogP contribution in [0.1, 0.15) is 39.2 Å². The van der Waals surface area contributed by atoms with E-state index in [0.29, 0.717) is 18.8 Å². The Kier molecular flexibility index (Phi) is 6.22. The number of amides is 1. The number of aliphatic carboxylic acids is 1. The summed E-state index contributed by atoms with van der Waals surface area (Å²) < 4.78 is 0. The zero-order valence-electron chi connectivity index (χ0n) is 12.3. The molecule has 0 heterocycles. The van der Waals surface area contributed by atoms with Crippen molar-refractivity contribution in [1.29, 1.82) is 0 Å². The molecule has 0 radical (unpaired) electrons. The fourth-order valence-electron chi connectivity index (χ4n) is 1.81. The van der Waals surface area contributed by atoms with Gasteiger partial charge in [0.25, 0.3) is 0 Å². The van der Waals surface area contributed by atoms with Crippen molar-refractivity contribution >= 4 is 17.6 Å². The smallest absolute Gasteiger partial charge is 0.306 e. The van der Waals surface area contributed by atoms with Crippen molar-refractivity contribution < 1.29 is 14.7 Å². The third kappa shape index (κ3) is 5.87. The highest BCUT2D eigenvalue weighted by atomic mass is 16.4. The van der Waals surface area contributed by atoms with E-state index in [4.69, 9.17) is 5.11 Å². The van der Waals surface area contributed by atoms with E-state index in [0.717, 1.165) is 17.7 Å². The van der Waals surface area contributed by atoms with E-state index in [1.54, 1.807) is 6.92 Å². The van der Waals surface area contributed by atoms with Crippen LogP contribution in [0.25, 0.3) is 0 Å². The van der Waals surface area contributed by atoms with Gasteiger partial charge >= 0.3 is 5.97 Å². The van der Waals surface area contributed by atoms with Gasteiger partial charge in [-0.2, -0.15) is 0 Å². The van der Waals surface area contributed by atoms with Gasteiger partial charge in [0.1, 0.15) is 0 Å². The molecule has 20 heavy (non-hydrogen) atoms. The maximum atomic E-state index is 11.7. The Morgan fingerprint density at radius 1 is 1.15 bits per heavy atom. The number of carbonyl (C=O) groups is 2. The molecule has 4 nitrogen and oxygen atoms in total. The summed E-state index contributed by atoms with van der Waals surface area (Å²) in [4.78, 5) is 22.5. The zero-order valence-corrected chi connectivity index (χ0v) is 12.3. The first-order valence-electron chi connectivity index (χ1n) is 7.00. The minimum atomic E-state index is -0.795. The Bertz CT molecular complexity index is 451. The summed E-state index contributed by atoms with van der Waals surface area (Å²) >= 11 is 0. The molecule has 110 valence electrons. The van der Waals surface area contributed by atoms with Gasteiger partial charge in [-0.1, -0.05) is 32.9 Å². The van der Waals surface area contributed by atoms with Crippen LogP contribution in [0.5, 0.6) is 0 Å². The topological polar surface area (TPSA) is 66.4 Å². The van der Waals surface area contributed by atoms with E-state index in [9.17, 15) is 9.59 Å². The van der Waals surface area contributed by atoms with Crippen LogP contribution in [-0.2, 0) is 16.0 Å². The van der Waals surface area contributed by atoms with Crippen LogP contribution < -0.4 is 5.32 Å². The highest BCUT2D eigenvalue weighted by Crippen LogP contribution is 2.14. The quantitative estimate of drug-likeness (QED) is 0.803. The van der Waals surface area contributed by atoms with E-state index in [-0.39, 0.29) is 5.91 Å². The second-order valence-corrected chi connectivity index (χ2v) is 5.62. The molecule has 0 aromatic heterocycles. The summed E-state index contributed by atoms with van der Waals surface area (Å²) in [6.07, 6.45) is 1.90. The molecule has 1 atom stereocenters. The molecule has 4 heteroatoms. The average molecular weight is 277 g/mol. The molecular weight excluding hydrogens is 254 g/mol. The first-order chi connectivity index (χ1) is 9.38. The number of hydrogen-bond acceptors (Lipinski definition) is 2. The van der Waals surface area contributed by atoms with Crippen LogP contribution in [-0.4, -0.2) is 17.0 Å². The van der Waals surface area contributed by atoms with E-state index in [1.165, 1.54) is 0 Å². The molecule has 0 fully saturated rings. The van der Waals surface area contributed by atoms with Crippen molar-refractivity contribution in [2.45, 2.75) is 40.0 Å². The number of nitrogens with one attached hydrogen (secondary N) is 1. The summed E-state index contributed by atoms with van der Waals surface area (Å²) in [5, 5.41) is 11.7. The summed E-state index contributed by atoms with van der Waals surface area (Å²) in [7, 11) is 0. The molecule has 1 unspecified atom stereocenters. The van der Waals surface area contributed by atoms with E-state index >= 15 is 0 Å². The van der Waals surface area contributed by atoms with Gasteiger partial charge in [0, 0.05) is 12.1 Å². The molecule has 2 N–H and O–H groups in total. The van der Waals surface area contributed by atoms with Gasteiger partial charge in [-0.05, 0) is 36.5 Å². The summed E-state index contributed by atoms with van der Waals surface area (Å²) in [5.74, 6) is -0.663. The lowest BCUT2D eigenvalue weighted by atomic mass is 10.0. The molecule has 1 rings (SSSR count). The largest absolute Gasteiger partial charge is 0.481 e. The number of anilines is 1. The van der Waals surface area contributed by atoms with Crippen LogP contribution in [0.2, 0.25) is 0 Å². The molecule has 1 amide bonds. The van der Waals surface area contributed by atoms with Crippen molar-refractivity contribution in [3.05, 3.63) is 29.8 Å². The number of carbonyl (C=O) groups excluding carboxylic acids is 1. The second kappa shape index (κ2) is 7.68. The predicted molar refractivity (Wildman–Crippen MR) is 79.6 cm³/mol. The molecule has 0 spiro atoms. The molecule has 1 aromatic rings. The van der Waals surface area contributed by atoms with Crippen LogP contribution in [0.4, 0.5) is 5.69 Å². The van der Waals surface area contributed by atoms with Gasteiger partial charge in [0.15, 0.2) is 0 Å². The third-order valence-corrected chi connectivity index (χ3v) is 3.15. The molecule has 1 aromatic carbocycles. The van der Waals surface area contributed by atoms with Gasteiger partial charge in [-0.3, -0.25) is 9.59 Å². The minimum absolute atomic E-state index is 0.0188. The molecule has 0 saturated heterocycles. The molecule has 0 aliphatic carbocycles. The average Bonchev–Trinajstić information content (AvgIpc) is 2.38. The fourth-order valence-corrected chi connectivity index (χ4v) is 1.81. The van der Waals surface area contributed by atoms with Gasteiger partial charge < -0.3 is 10.4 Å². The second-order valence-electron chi connectivity index (χ2n) is 5.62. The van der Waals surface area contributed by atoms with E-state index in [2.05, 4.69) is 19.2 Å². The monoisotopic (exact) mass is 277 g/mol. The Labute approximate surface area is 120 Å². The number of rotatable bonds is 7. The van der Waals surface area contributed by atoms with E-state index < -0.39 is 11.9 Å². The SMILES string of the molecule is CC(C)CCC(=O)Nc1ccc(CC(C)C(=O)O)cc1. The van der Waals surface area contributed by atoms with Crippen molar-refractivity contribution in [2.75, 3.05) is 5.32 Å². The van der Waals surface area contributed by atoms with Crippen molar-refractivity contribution in [3.63, 3.8) is 0 Å². The standard InChI is InChI=1S/C16H23NO3/c1-11(2)4-9-15(18)17-14-7-5-13(6-8-14)10-12(3)16(19)20/h5-8,11-12H,4,9-10H2,1-3H3,(H,17,18)(H,19,20). The van der Waals surface area contributed by atoms with Gasteiger partial charge in [0.05, 0.1) is 5.92 Å². The highest BCUT2D eigenvalue weighted by Gasteiger charge is 2.11. The maximum Gasteiger partial charge on any atom is 0.306 e. The fraction of sp³-hybridized carbons (Fsp3) is 0.500. The minimum Gasteiger partial charge on any atom is -0.481 e. The van der Waals surface area contributed by atoms with Crippen molar-refractivity contribution in [2.24, 2.45) is 11.8 Å². The molecule has 0 aliphatic heterocycles. The van der Waals surface area contributed by atoms with E-state index in [1.807, 2.05) is 24.3 Å². The number of benzene rings is 1. The molecule has 0 aliphatic rings. The lowest BCUT2D eigenvalue weighted by Gasteiger charge is -2.09. The van der Waals surface area contributed by atoms with Crippen LogP contribution in [0.15, 0.2) is 24.3 Å². The number of carboxylic acid groups (broad SMARTS) is 1. The Morgan fingerprint density at radius 2 is 1.75 bits per heavy atom. The van der Waals surface area contributed by atoms with Gasteiger partial charge in [-0.25, -0.2) is 0 Å². The normalized spacial score (nSPS) is 12.2. The summed E-state index contributed by atoms with van der Waals surface area (Å²) in [6.45, 7) is 5.86. The Hall–Kier alpha value is -1.84. The van der Waals surface area contributed by atoms with Crippen LogP contribution in [0, 0.1) is 11.8 Å². The Morgan fingerprint density at radius 3 is 2.25 bits per heavy atom. The summed E-state index contributed by atoms with van der Waals surface area (Å²) in [5.41, 5.74) is 1.71. The first kappa shape index (κ1) is 16.2. The number of hydrogen-bond donors (Lipinski definition) is 2. The van der Waals surface area contributed by atoms with Crippen molar-refractivity contribution in [3.8, 4) is 0 Å². The van der Waals surface area contributed by atoms with Gasteiger partial charge in [0.2, 0.25) is 5.91 Å². The highest BCUT2D eigenvalue weighted by molar-refractivity contribution is 5.90. The maximum absolute atomic E-state index is 11.7. The first-order valence-corrected chi connectivity index (χ1v) is 7.00. The molecular formula is C16H23NO3. The zero-order chi connectivity index (χ0) is 15.1. The summed E-state index contributed by atoms with van der Waals surface area (Å²) in [6, 6.07) is 7.35. The Balaban J connectivity index is 2.50. The van der Waals surface area contributed by atoms with Crippen LogP contribution in [0.3, 0.4) is 0 Å².